The van der Waals surface area contributed by atoms with Gasteiger partial charge in [-0.2, -0.15) is 4.98 Å². The highest BCUT2D eigenvalue weighted by Gasteiger charge is 2.23. The van der Waals surface area contributed by atoms with E-state index in [-0.39, 0.29) is 11.7 Å². The van der Waals surface area contributed by atoms with Crippen molar-refractivity contribution in [1.29, 1.82) is 0 Å². The largest absolute Gasteiger partial charge is 0.508 e. The summed E-state index contributed by atoms with van der Waals surface area (Å²) in [7, 11) is 0. The molecule has 0 amide bonds. The third kappa shape index (κ3) is 1.97. The Bertz CT molecular complexity index is 559. The maximum absolute atomic E-state index is 9.38. The zero-order valence-electron chi connectivity index (χ0n) is 10.1. The first-order valence-electron chi connectivity index (χ1n) is 5.95. The number of phenolic OH excluding ortho intramolecular Hbond substituents is 1. The van der Waals surface area contributed by atoms with Crippen LogP contribution in [-0.2, 0) is 4.74 Å². The van der Waals surface area contributed by atoms with E-state index >= 15 is 0 Å². The molecule has 1 aromatic heterocycles. The van der Waals surface area contributed by atoms with Gasteiger partial charge in [0.1, 0.15) is 5.75 Å². The Hall–Kier alpha value is -1.88. The highest BCUT2D eigenvalue weighted by Crippen LogP contribution is 2.28. The highest BCUT2D eigenvalue weighted by atomic mass is 16.5. The van der Waals surface area contributed by atoms with E-state index in [0.29, 0.717) is 18.3 Å². The maximum atomic E-state index is 9.38. The van der Waals surface area contributed by atoms with Crippen molar-refractivity contribution in [3.05, 3.63) is 29.6 Å². The lowest BCUT2D eigenvalue weighted by atomic mass is 10.1. The molecule has 0 aliphatic carbocycles. The van der Waals surface area contributed by atoms with Gasteiger partial charge in [-0.25, -0.2) is 0 Å². The topological polar surface area (TPSA) is 68.4 Å². The van der Waals surface area contributed by atoms with Gasteiger partial charge in [-0.3, -0.25) is 0 Å². The predicted molar refractivity (Wildman–Crippen MR) is 64.3 cm³/mol. The molecule has 1 unspecified atom stereocenters. The van der Waals surface area contributed by atoms with Crippen LogP contribution in [-0.4, -0.2) is 28.5 Å². The number of rotatable bonds is 2. The second-order valence-electron chi connectivity index (χ2n) is 4.52. The minimum Gasteiger partial charge on any atom is -0.508 e. The van der Waals surface area contributed by atoms with Gasteiger partial charge in [0.05, 0.1) is 6.61 Å². The molecule has 0 radical (unpaired) electrons. The van der Waals surface area contributed by atoms with Crippen LogP contribution in [0.3, 0.4) is 0 Å². The molecule has 1 N–H and O–H groups in total. The van der Waals surface area contributed by atoms with Crippen molar-refractivity contribution in [3.63, 3.8) is 0 Å². The van der Waals surface area contributed by atoms with Gasteiger partial charge in [0.25, 0.3) is 5.89 Å². The molecular weight excluding hydrogens is 232 g/mol. The van der Waals surface area contributed by atoms with Gasteiger partial charge in [0.2, 0.25) is 0 Å². The van der Waals surface area contributed by atoms with Crippen LogP contribution in [0.25, 0.3) is 11.5 Å². The van der Waals surface area contributed by atoms with Gasteiger partial charge < -0.3 is 14.4 Å². The Morgan fingerprint density at radius 2 is 2.28 bits per heavy atom. The van der Waals surface area contributed by atoms with Crippen molar-refractivity contribution in [1.82, 2.24) is 10.1 Å². The fourth-order valence-electron chi connectivity index (χ4n) is 2.14. The van der Waals surface area contributed by atoms with Crippen molar-refractivity contribution in [2.75, 3.05) is 13.2 Å². The second kappa shape index (κ2) is 4.42. The Morgan fingerprint density at radius 1 is 1.39 bits per heavy atom. The lowest BCUT2D eigenvalue weighted by Crippen LogP contribution is -1.99. The number of hydrogen-bond donors (Lipinski definition) is 1. The Balaban J connectivity index is 1.92. The molecule has 1 atom stereocenters. The summed E-state index contributed by atoms with van der Waals surface area (Å²) in [5.41, 5.74) is 1.76. The van der Waals surface area contributed by atoms with Gasteiger partial charge in [-0.05, 0) is 37.1 Å². The smallest absolute Gasteiger partial charge is 0.258 e. The number of nitrogens with zero attached hydrogens (tertiary/aromatic N) is 2. The van der Waals surface area contributed by atoms with Crippen molar-refractivity contribution in [3.8, 4) is 17.2 Å². The summed E-state index contributed by atoms with van der Waals surface area (Å²) in [6, 6.07) is 5.08. The molecule has 5 heteroatoms. The van der Waals surface area contributed by atoms with Crippen LogP contribution in [0, 0.1) is 6.92 Å². The molecule has 3 rings (SSSR count). The van der Waals surface area contributed by atoms with E-state index in [0.717, 1.165) is 24.2 Å². The number of aromatic hydroxyl groups is 1. The Kier molecular flexibility index (Phi) is 2.76. The van der Waals surface area contributed by atoms with Gasteiger partial charge in [-0.1, -0.05) is 5.16 Å². The molecule has 2 heterocycles. The number of benzene rings is 1. The summed E-state index contributed by atoms with van der Waals surface area (Å²) in [6.07, 6.45) is 0.938. The fourth-order valence-corrected chi connectivity index (χ4v) is 2.14. The molecule has 0 bridgehead atoms. The van der Waals surface area contributed by atoms with Crippen molar-refractivity contribution in [2.45, 2.75) is 19.3 Å². The van der Waals surface area contributed by atoms with Gasteiger partial charge in [-0.15, -0.1) is 0 Å². The van der Waals surface area contributed by atoms with Crippen LogP contribution in [0.2, 0.25) is 0 Å². The van der Waals surface area contributed by atoms with Crippen LogP contribution in [0.1, 0.15) is 23.7 Å². The lowest BCUT2D eigenvalue weighted by molar-refractivity contribution is 0.192. The van der Waals surface area contributed by atoms with Crippen molar-refractivity contribution < 1.29 is 14.4 Å². The molecule has 1 fully saturated rings. The van der Waals surface area contributed by atoms with E-state index in [4.69, 9.17) is 9.26 Å². The summed E-state index contributed by atoms with van der Waals surface area (Å²) in [5.74, 6) is 1.67. The molecule has 1 aliphatic rings. The van der Waals surface area contributed by atoms with Gasteiger partial charge in [0.15, 0.2) is 5.82 Å². The highest BCUT2D eigenvalue weighted by molar-refractivity contribution is 5.59. The zero-order chi connectivity index (χ0) is 12.5. The standard InChI is InChI=1S/C13H14N2O3/c1-8-6-10(16)2-3-11(8)13-14-12(15-18-13)9-4-5-17-7-9/h2-3,6,9,16H,4-5,7H2,1H3. The fraction of sp³-hybridized carbons (Fsp3) is 0.385. The second-order valence-corrected chi connectivity index (χ2v) is 4.52. The monoisotopic (exact) mass is 246 g/mol. The summed E-state index contributed by atoms with van der Waals surface area (Å²) < 4.78 is 10.6. The van der Waals surface area contributed by atoms with Crippen LogP contribution in [0.5, 0.6) is 5.75 Å². The third-order valence-corrected chi connectivity index (χ3v) is 3.18. The van der Waals surface area contributed by atoms with E-state index in [9.17, 15) is 5.11 Å². The number of aryl methyl sites for hydroxylation is 1. The first kappa shape index (κ1) is 11.2. The minimum absolute atomic E-state index is 0.236. The quantitative estimate of drug-likeness (QED) is 0.880. The van der Waals surface area contributed by atoms with Crippen molar-refractivity contribution >= 4 is 0 Å². The Morgan fingerprint density at radius 3 is 3.00 bits per heavy atom. The molecule has 1 aliphatic heterocycles. The normalized spacial score (nSPS) is 19.3. The molecule has 5 nitrogen and oxygen atoms in total. The van der Waals surface area contributed by atoms with Crippen LogP contribution < -0.4 is 0 Å². The molecule has 1 saturated heterocycles. The van der Waals surface area contributed by atoms with Crippen molar-refractivity contribution in [2.24, 2.45) is 0 Å². The number of aromatic nitrogens is 2. The molecule has 0 saturated carbocycles. The predicted octanol–water partition coefficient (Wildman–Crippen LogP) is 2.25. The van der Waals surface area contributed by atoms with Crippen LogP contribution in [0.15, 0.2) is 22.7 Å². The summed E-state index contributed by atoms with van der Waals surface area (Å²) in [6.45, 7) is 3.32. The van der Waals surface area contributed by atoms with E-state index in [1.165, 1.54) is 0 Å². The number of phenols is 1. The third-order valence-electron chi connectivity index (χ3n) is 3.18. The van der Waals surface area contributed by atoms with Gasteiger partial charge in [0, 0.05) is 18.1 Å². The maximum Gasteiger partial charge on any atom is 0.258 e. The zero-order valence-corrected chi connectivity index (χ0v) is 10.1. The first-order chi connectivity index (χ1) is 8.74. The first-order valence-corrected chi connectivity index (χ1v) is 5.95. The van der Waals surface area contributed by atoms with Crippen LogP contribution >= 0.6 is 0 Å². The summed E-state index contributed by atoms with van der Waals surface area (Å²) in [5, 5.41) is 13.4. The molecule has 0 spiro atoms. The van der Waals surface area contributed by atoms with E-state index < -0.39 is 0 Å². The average molecular weight is 246 g/mol. The van der Waals surface area contributed by atoms with Gasteiger partial charge >= 0.3 is 0 Å². The number of hydrogen-bond acceptors (Lipinski definition) is 5. The molecule has 94 valence electrons. The van der Waals surface area contributed by atoms with E-state index in [2.05, 4.69) is 10.1 Å². The van der Waals surface area contributed by atoms with Crippen LogP contribution in [0.4, 0.5) is 0 Å². The SMILES string of the molecule is Cc1cc(O)ccc1-c1nc(C2CCOC2)no1. The molecule has 2 aromatic rings. The number of ether oxygens (including phenoxy) is 1. The van der Waals surface area contributed by atoms with E-state index in [1.807, 2.05) is 6.92 Å². The summed E-state index contributed by atoms with van der Waals surface area (Å²) >= 11 is 0. The Labute approximate surface area is 104 Å². The molecular formula is C13H14N2O3. The molecule has 18 heavy (non-hydrogen) atoms. The summed E-state index contributed by atoms with van der Waals surface area (Å²) in [4.78, 5) is 4.41. The molecule has 1 aromatic carbocycles. The van der Waals surface area contributed by atoms with E-state index in [1.54, 1.807) is 18.2 Å². The minimum atomic E-state index is 0.236. The lowest BCUT2D eigenvalue weighted by Gasteiger charge is -2.01. The average Bonchev–Trinajstić information content (AvgIpc) is 2.99.